The number of fused-ring (bicyclic) bond motifs is 1. The molecule has 6 heteroatoms. The summed E-state index contributed by atoms with van der Waals surface area (Å²) >= 11 is 0. The standard InChI is InChI=1S/C80H54N6/c1-7-23-59(24-8-1)63-27-21-37-75(57-63)85(73-53-49-71(50-54-73)83(65-29-11-3-12-30-65)66-31-13-4-14-32-66)69-45-41-61(42-46-69)79-80(82-78-40-20-19-39-77(78)81-79)62-43-47-70(48-44-62)86(76-38-22-28-64(58-76)60-25-9-2-10-26-60)74-55-51-72(52-56-74)84(67-33-15-5-16-34-67)68-35-17-6-18-36-68/h1-16,19-34,37-58H. The molecule has 0 atom stereocenters. The van der Waals surface area contributed by atoms with E-state index in [1.807, 2.05) is 42.5 Å². The number of rotatable bonds is 16. The minimum absolute atomic E-state index is 0.727. The molecular weight excluding hydrogens is 1040 g/mol. The lowest BCUT2D eigenvalue weighted by atomic mass is 10.0. The van der Waals surface area contributed by atoms with Crippen molar-refractivity contribution in [2.75, 3.05) is 19.6 Å². The Balaban J connectivity index is 0.839. The predicted octanol–water partition coefficient (Wildman–Crippen LogP) is 21.1. The highest BCUT2D eigenvalue weighted by atomic mass is 15.2. The van der Waals surface area contributed by atoms with Crippen molar-refractivity contribution < 1.29 is 0 Å². The van der Waals surface area contributed by atoms with E-state index >= 15 is 0 Å². The van der Waals surface area contributed by atoms with Crippen molar-refractivity contribution in [3.8, 4) is 56.6 Å². The molecule has 0 amide bonds. The lowest BCUT2D eigenvalue weighted by Gasteiger charge is -2.28. The third-order valence-electron chi connectivity index (χ3n) is 15.3. The molecule has 0 unspecified atom stereocenters. The van der Waals surface area contributed by atoms with E-state index in [9.17, 15) is 0 Å². The van der Waals surface area contributed by atoms with Crippen LogP contribution in [-0.4, -0.2) is 9.97 Å². The van der Waals surface area contributed by atoms with Crippen LogP contribution in [0.3, 0.4) is 0 Å². The van der Waals surface area contributed by atoms with Gasteiger partial charge in [0.25, 0.3) is 0 Å². The van der Waals surface area contributed by atoms with Crippen LogP contribution in [0.4, 0.5) is 62.6 Å². The second-order valence-electron chi connectivity index (χ2n) is 20.7. The Morgan fingerprint density at radius 2 is 0.523 bits per heavy atom. The van der Waals surface area contributed by atoms with Gasteiger partial charge in [0.1, 0.15) is 5.70 Å². The second kappa shape index (κ2) is 23.9. The van der Waals surface area contributed by atoms with Crippen molar-refractivity contribution in [3.63, 3.8) is 0 Å². The van der Waals surface area contributed by atoms with Gasteiger partial charge in [0, 0.05) is 79.8 Å². The number of allylic oxidation sites excluding steroid dienone is 2. The van der Waals surface area contributed by atoms with Crippen molar-refractivity contribution in [1.29, 1.82) is 0 Å². The fourth-order valence-corrected chi connectivity index (χ4v) is 11.2. The molecule has 0 saturated heterocycles. The maximum atomic E-state index is 5.39. The van der Waals surface area contributed by atoms with Crippen molar-refractivity contribution in [2.45, 2.75) is 0 Å². The van der Waals surface area contributed by atoms with Crippen LogP contribution in [0.15, 0.2) is 345 Å². The molecule has 86 heavy (non-hydrogen) atoms. The van der Waals surface area contributed by atoms with Crippen LogP contribution in [0.2, 0.25) is 0 Å². The van der Waals surface area contributed by atoms with E-state index in [0.717, 1.165) is 124 Å². The molecule has 13 aromatic rings. The summed E-state index contributed by atoms with van der Waals surface area (Å²) in [5.74, 6) is 6.32. The lowest BCUT2D eigenvalue weighted by molar-refractivity contribution is 1.22. The Labute approximate surface area is 501 Å². The first-order valence-electron chi connectivity index (χ1n) is 28.7. The molecule has 0 fully saturated rings. The first kappa shape index (κ1) is 52.1. The van der Waals surface area contributed by atoms with Gasteiger partial charge in [-0.2, -0.15) is 0 Å². The second-order valence-corrected chi connectivity index (χ2v) is 20.7. The molecule has 0 bridgehead atoms. The Morgan fingerprint density at radius 3 is 0.895 bits per heavy atom. The minimum Gasteiger partial charge on any atom is -0.311 e. The van der Waals surface area contributed by atoms with Crippen LogP contribution in [0, 0.1) is 11.8 Å². The molecular formula is C80H54N6. The quantitative estimate of drug-likeness (QED) is 0.0709. The summed E-state index contributed by atoms with van der Waals surface area (Å²) in [7, 11) is 0. The van der Waals surface area contributed by atoms with Gasteiger partial charge in [-0.05, 0) is 179 Å². The summed E-state index contributed by atoms with van der Waals surface area (Å²) in [6.07, 6.45) is 1.70. The van der Waals surface area contributed by atoms with Gasteiger partial charge in [0.2, 0.25) is 0 Å². The number of para-hydroxylation sites is 5. The third-order valence-corrected chi connectivity index (χ3v) is 15.3. The van der Waals surface area contributed by atoms with Crippen molar-refractivity contribution in [3.05, 3.63) is 345 Å². The van der Waals surface area contributed by atoms with Crippen LogP contribution in [-0.2, 0) is 0 Å². The number of anilines is 11. The first-order chi connectivity index (χ1) is 42.6. The summed E-state index contributed by atoms with van der Waals surface area (Å²) in [5.41, 5.74) is 27.9. The van der Waals surface area contributed by atoms with E-state index in [2.05, 4.69) is 322 Å². The summed E-state index contributed by atoms with van der Waals surface area (Å²) in [6.45, 7) is 0. The molecule has 404 valence electrons. The monoisotopic (exact) mass is 1100 g/mol. The molecule has 12 aromatic carbocycles. The van der Waals surface area contributed by atoms with Gasteiger partial charge in [0.05, 0.1) is 22.4 Å². The highest BCUT2D eigenvalue weighted by molar-refractivity contribution is 5.90. The van der Waals surface area contributed by atoms with E-state index in [1.165, 1.54) is 0 Å². The van der Waals surface area contributed by atoms with Gasteiger partial charge in [-0.1, -0.05) is 188 Å². The number of hydrogen-bond acceptors (Lipinski definition) is 6. The van der Waals surface area contributed by atoms with Crippen LogP contribution < -0.4 is 19.6 Å². The molecule has 0 N–H and O–H groups in total. The molecule has 6 nitrogen and oxygen atoms in total. The molecule has 1 aliphatic rings. The SMILES string of the molecule is C1=C=C(N(c2ccccc2)c2ccc(N(c3ccc(-c4nc5ccccc5nc4-c4ccc(N(c5ccc(N(c6ccccc6)c6ccccc6)cc5)c5cccc(-c6ccccc6)c5)cc4)cc3)c3cccc(-c4ccccc4)c3)cc2)C#CC=1. The summed E-state index contributed by atoms with van der Waals surface area (Å²) in [5, 5.41) is 0. The number of aromatic nitrogens is 2. The topological polar surface area (TPSA) is 38.7 Å². The fourth-order valence-electron chi connectivity index (χ4n) is 11.2. The van der Waals surface area contributed by atoms with Crippen molar-refractivity contribution in [1.82, 2.24) is 9.97 Å². The van der Waals surface area contributed by atoms with Crippen LogP contribution in [0.5, 0.6) is 0 Å². The number of benzene rings is 12. The van der Waals surface area contributed by atoms with Gasteiger partial charge < -0.3 is 14.7 Å². The smallest absolute Gasteiger partial charge is 0.149 e. The summed E-state index contributed by atoms with van der Waals surface area (Å²) < 4.78 is 0. The Bertz CT molecular complexity index is 4640. The Kier molecular flexibility index (Phi) is 14.5. The summed E-state index contributed by atoms with van der Waals surface area (Å²) in [4.78, 5) is 19.8. The van der Waals surface area contributed by atoms with Crippen LogP contribution >= 0.6 is 0 Å². The first-order valence-corrected chi connectivity index (χ1v) is 28.7. The van der Waals surface area contributed by atoms with E-state index in [-0.39, 0.29) is 0 Å². The molecule has 0 saturated carbocycles. The molecule has 1 aliphatic carbocycles. The zero-order valence-corrected chi connectivity index (χ0v) is 46.9. The van der Waals surface area contributed by atoms with Crippen molar-refractivity contribution in [2.24, 2.45) is 0 Å². The zero-order chi connectivity index (χ0) is 57.4. The average molecular weight is 1100 g/mol. The van der Waals surface area contributed by atoms with Crippen LogP contribution in [0.1, 0.15) is 0 Å². The van der Waals surface area contributed by atoms with Gasteiger partial charge >= 0.3 is 0 Å². The van der Waals surface area contributed by atoms with Crippen LogP contribution in [0.25, 0.3) is 55.8 Å². The highest BCUT2D eigenvalue weighted by Gasteiger charge is 2.22. The number of nitrogens with zero attached hydrogens (tertiary/aromatic N) is 6. The zero-order valence-electron chi connectivity index (χ0n) is 46.9. The van der Waals surface area contributed by atoms with E-state index < -0.39 is 0 Å². The Hall–Kier alpha value is -12.0. The predicted molar refractivity (Wildman–Crippen MR) is 357 cm³/mol. The van der Waals surface area contributed by atoms with E-state index in [4.69, 9.17) is 9.97 Å². The molecule has 1 aromatic heterocycles. The van der Waals surface area contributed by atoms with Gasteiger partial charge in [0.15, 0.2) is 0 Å². The largest absolute Gasteiger partial charge is 0.311 e. The average Bonchev–Trinajstić information content (AvgIpc) is 3.11. The normalized spacial score (nSPS) is 11.3. The van der Waals surface area contributed by atoms with E-state index in [0.29, 0.717) is 0 Å². The number of hydrogen-bond donors (Lipinski definition) is 0. The molecule has 0 spiro atoms. The van der Waals surface area contributed by atoms with E-state index in [1.54, 1.807) is 6.08 Å². The molecule has 14 rings (SSSR count). The third kappa shape index (κ3) is 10.9. The summed E-state index contributed by atoms with van der Waals surface area (Å²) in [6, 6.07) is 113. The lowest BCUT2D eigenvalue weighted by Crippen LogP contribution is -2.15. The van der Waals surface area contributed by atoms with Gasteiger partial charge in [-0.25, -0.2) is 9.97 Å². The van der Waals surface area contributed by atoms with Gasteiger partial charge in [-0.15, -0.1) is 0 Å². The van der Waals surface area contributed by atoms with Crippen molar-refractivity contribution >= 4 is 73.6 Å². The minimum atomic E-state index is 0.727. The van der Waals surface area contributed by atoms with Gasteiger partial charge in [-0.3, -0.25) is 4.90 Å². The molecule has 0 aliphatic heterocycles. The maximum absolute atomic E-state index is 5.39. The molecule has 0 radical (unpaired) electrons. The maximum Gasteiger partial charge on any atom is 0.149 e. The fraction of sp³-hybridized carbons (Fsp3) is 0. The highest BCUT2D eigenvalue weighted by Crippen LogP contribution is 2.44. The Morgan fingerprint density at radius 1 is 0.233 bits per heavy atom. The molecule has 1 heterocycles.